The van der Waals surface area contributed by atoms with E-state index >= 15 is 0 Å². The lowest BCUT2D eigenvalue weighted by Crippen LogP contribution is -2.22. The second kappa shape index (κ2) is 6.39. The average molecular weight is 372 g/mol. The van der Waals surface area contributed by atoms with Crippen LogP contribution in [-0.2, 0) is 6.54 Å². The van der Waals surface area contributed by atoms with Crippen LogP contribution in [0.1, 0.15) is 20.9 Å². The summed E-state index contributed by atoms with van der Waals surface area (Å²) in [5.74, 6) is -0.115. The van der Waals surface area contributed by atoms with Gasteiger partial charge in [0.25, 0.3) is 5.91 Å². The van der Waals surface area contributed by atoms with Crippen LogP contribution in [0, 0.1) is 6.92 Å². The molecule has 0 unspecified atom stereocenters. The Hall–Kier alpha value is -2.16. The van der Waals surface area contributed by atoms with Gasteiger partial charge in [0.15, 0.2) is 0 Å². The van der Waals surface area contributed by atoms with Gasteiger partial charge in [0.1, 0.15) is 16.0 Å². The third-order valence-corrected chi connectivity index (χ3v) is 6.30. The van der Waals surface area contributed by atoms with Gasteiger partial charge in [-0.05, 0) is 36.6 Å². The lowest BCUT2D eigenvalue weighted by atomic mass is 10.2. The van der Waals surface area contributed by atoms with E-state index in [0.717, 1.165) is 43.2 Å². The van der Waals surface area contributed by atoms with E-state index in [-0.39, 0.29) is 5.91 Å². The van der Waals surface area contributed by atoms with Crippen LogP contribution in [0.4, 0.5) is 0 Å². The first kappa shape index (κ1) is 15.4. The molecule has 4 rings (SSSR count). The summed E-state index contributed by atoms with van der Waals surface area (Å²) in [5.41, 5.74) is 3.12. The van der Waals surface area contributed by atoms with Crippen molar-refractivity contribution in [2.24, 2.45) is 0 Å². The average Bonchev–Trinajstić information content (AvgIpc) is 3.32. The van der Waals surface area contributed by atoms with Crippen molar-refractivity contribution in [3.63, 3.8) is 0 Å². The summed E-state index contributed by atoms with van der Waals surface area (Å²) in [7, 11) is 0. The number of nitrogens with zero attached hydrogens (tertiary/aromatic N) is 3. The molecule has 1 amide bonds. The van der Waals surface area contributed by atoms with E-state index in [1.54, 1.807) is 34.8 Å². The van der Waals surface area contributed by atoms with Crippen LogP contribution >= 0.6 is 34.4 Å². The number of nitrogens with one attached hydrogen (secondary N) is 1. The molecule has 0 saturated heterocycles. The largest absolute Gasteiger partial charge is 0.347 e. The molecule has 0 spiro atoms. The van der Waals surface area contributed by atoms with Crippen molar-refractivity contribution in [3.05, 3.63) is 51.8 Å². The molecule has 4 aromatic rings. The van der Waals surface area contributed by atoms with Crippen molar-refractivity contribution in [1.82, 2.24) is 19.0 Å². The molecule has 0 aliphatic rings. The Bertz CT molecular complexity index is 1000. The number of carbonyl (C=O) groups is 1. The molecule has 0 atom stereocenters. The van der Waals surface area contributed by atoms with Gasteiger partial charge in [0, 0.05) is 10.4 Å². The van der Waals surface area contributed by atoms with Crippen molar-refractivity contribution >= 4 is 51.3 Å². The number of amides is 1. The standard InChI is InChI=1S/C16H12N4OS3/c1-9-14(23-16(18-9)13-3-2-6-22-13)8-17-15(21)10-4-5-11-12(7-10)20-24-19-11/h2-7H,8H2,1H3,(H,17,21). The van der Waals surface area contributed by atoms with E-state index in [9.17, 15) is 4.79 Å². The lowest BCUT2D eigenvalue weighted by molar-refractivity contribution is 0.0951. The molecule has 0 bridgehead atoms. The molecule has 0 saturated carbocycles. The van der Waals surface area contributed by atoms with E-state index in [0.29, 0.717) is 12.1 Å². The van der Waals surface area contributed by atoms with Crippen LogP contribution in [-0.4, -0.2) is 19.6 Å². The zero-order valence-corrected chi connectivity index (χ0v) is 15.1. The topological polar surface area (TPSA) is 67.8 Å². The highest BCUT2D eigenvalue weighted by molar-refractivity contribution is 7.21. The zero-order valence-electron chi connectivity index (χ0n) is 12.6. The maximum atomic E-state index is 12.4. The fourth-order valence-corrected chi connectivity index (χ4v) is 4.60. The first-order chi connectivity index (χ1) is 11.7. The van der Waals surface area contributed by atoms with E-state index in [1.165, 1.54) is 0 Å². The van der Waals surface area contributed by atoms with Gasteiger partial charge >= 0.3 is 0 Å². The van der Waals surface area contributed by atoms with Gasteiger partial charge in [-0.1, -0.05) is 6.07 Å². The van der Waals surface area contributed by atoms with Crippen LogP contribution in [0.5, 0.6) is 0 Å². The number of hydrogen-bond donors (Lipinski definition) is 1. The summed E-state index contributed by atoms with van der Waals surface area (Å²) < 4.78 is 8.31. The van der Waals surface area contributed by atoms with E-state index in [1.807, 2.05) is 24.4 Å². The highest BCUT2D eigenvalue weighted by Gasteiger charge is 2.13. The number of thiophene rings is 1. The second-order valence-corrected chi connectivity index (χ2v) is 7.72. The van der Waals surface area contributed by atoms with Gasteiger partial charge in [-0.15, -0.1) is 22.7 Å². The molecule has 0 aliphatic carbocycles. The van der Waals surface area contributed by atoms with Gasteiger partial charge in [0.2, 0.25) is 0 Å². The number of rotatable bonds is 4. The van der Waals surface area contributed by atoms with Crippen molar-refractivity contribution in [3.8, 4) is 9.88 Å². The summed E-state index contributed by atoms with van der Waals surface area (Å²) >= 11 is 4.44. The number of aryl methyl sites for hydroxylation is 1. The molecule has 0 aliphatic heterocycles. The van der Waals surface area contributed by atoms with Crippen LogP contribution in [0.25, 0.3) is 20.9 Å². The minimum absolute atomic E-state index is 0.115. The summed E-state index contributed by atoms with van der Waals surface area (Å²) in [6, 6.07) is 9.44. The Kier molecular flexibility index (Phi) is 4.09. The number of benzene rings is 1. The summed E-state index contributed by atoms with van der Waals surface area (Å²) in [4.78, 5) is 19.2. The molecule has 3 aromatic heterocycles. The molecule has 24 heavy (non-hydrogen) atoms. The predicted molar refractivity (Wildman–Crippen MR) is 98.7 cm³/mol. The Morgan fingerprint density at radius 3 is 2.92 bits per heavy atom. The molecule has 0 radical (unpaired) electrons. The van der Waals surface area contributed by atoms with Crippen LogP contribution in [0.2, 0.25) is 0 Å². The van der Waals surface area contributed by atoms with Gasteiger partial charge in [-0.25, -0.2) is 4.98 Å². The fraction of sp³-hybridized carbons (Fsp3) is 0.125. The number of aromatic nitrogens is 3. The van der Waals surface area contributed by atoms with Gasteiger partial charge < -0.3 is 5.32 Å². The number of carbonyl (C=O) groups excluding carboxylic acids is 1. The third kappa shape index (κ3) is 2.95. The Morgan fingerprint density at radius 1 is 1.21 bits per heavy atom. The van der Waals surface area contributed by atoms with Crippen LogP contribution in [0.3, 0.4) is 0 Å². The highest BCUT2D eigenvalue weighted by Crippen LogP contribution is 2.31. The van der Waals surface area contributed by atoms with E-state index < -0.39 is 0 Å². The van der Waals surface area contributed by atoms with Crippen molar-refractivity contribution in [1.29, 1.82) is 0 Å². The minimum atomic E-state index is -0.115. The summed E-state index contributed by atoms with van der Waals surface area (Å²) in [6.07, 6.45) is 0. The highest BCUT2D eigenvalue weighted by atomic mass is 32.1. The number of thiazole rings is 1. The monoisotopic (exact) mass is 372 g/mol. The molecule has 1 N–H and O–H groups in total. The molecule has 8 heteroatoms. The quantitative estimate of drug-likeness (QED) is 0.585. The summed E-state index contributed by atoms with van der Waals surface area (Å²) in [6.45, 7) is 2.45. The summed E-state index contributed by atoms with van der Waals surface area (Å²) in [5, 5.41) is 6.00. The Morgan fingerprint density at radius 2 is 2.08 bits per heavy atom. The lowest BCUT2D eigenvalue weighted by Gasteiger charge is -2.04. The smallest absolute Gasteiger partial charge is 0.251 e. The SMILES string of the molecule is Cc1nc(-c2cccs2)sc1CNC(=O)c1ccc2nsnc2c1. The third-order valence-electron chi connectivity index (χ3n) is 3.55. The minimum Gasteiger partial charge on any atom is -0.347 e. The molecular formula is C16H12N4OS3. The molecular weight excluding hydrogens is 360 g/mol. The van der Waals surface area contributed by atoms with Crippen LogP contribution in [0.15, 0.2) is 35.7 Å². The number of hydrogen-bond acceptors (Lipinski definition) is 7. The second-order valence-electron chi connectivity index (χ2n) is 5.16. The molecule has 1 aromatic carbocycles. The maximum Gasteiger partial charge on any atom is 0.251 e. The maximum absolute atomic E-state index is 12.4. The van der Waals surface area contributed by atoms with Gasteiger partial charge in [0.05, 0.1) is 28.8 Å². The Labute approximate surface area is 150 Å². The normalized spacial score (nSPS) is 11.0. The van der Waals surface area contributed by atoms with E-state index in [4.69, 9.17) is 0 Å². The molecule has 5 nitrogen and oxygen atoms in total. The first-order valence-corrected chi connectivity index (χ1v) is 9.64. The predicted octanol–water partition coefficient (Wildman–Crippen LogP) is 4.11. The van der Waals surface area contributed by atoms with Crippen molar-refractivity contribution < 1.29 is 4.79 Å². The molecule has 3 heterocycles. The van der Waals surface area contributed by atoms with Gasteiger partial charge in [-0.3, -0.25) is 4.79 Å². The zero-order chi connectivity index (χ0) is 16.5. The molecule has 0 fully saturated rings. The van der Waals surface area contributed by atoms with Crippen molar-refractivity contribution in [2.75, 3.05) is 0 Å². The Balaban J connectivity index is 1.49. The first-order valence-electron chi connectivity index (χ1n) is 7.21. The molecule has 120 valence electrons. The van der Waals surface area contributed by atoms with Crippen molar-refractivity contribution in [2.45, 2.75) is 13.5 Å². The number of fused-ring (bicyclic) bond motifs is 1. The van der Waals surface area contributed by atoms with E-state index in [2.05, 4.69) is 25.1 Å². The van der Waals surface area contributed by atoms with Crippen LogP contribution < -0.4 is 5.32 Å². The fourth-order valence-electron chi connectivity index (χ4n) is 2.28. The van der Waals surface area contributed by atoms with Gasteiger partial charge in [-0.2, -0.15) is 8.75 Å².